The van der Waals surface area contributed by atoms with Crippen molar-refractivity contribution in [1.82, 2.24) is 9.88 Å². The van der Waals surface area contributed by atoms with E-state index in [2.05, 4.69) is 34.1 Å². The van der Waals surface area contributed by atoms with Crippen molar-refractivity contribution < 1.29 is 9.53 Å². The van der Waals surface area contributed by atoms with Gasteiger partial charge in [0.25, 0.3) is 0 Å². The van der Waals surface area contributed by atoms with Crippen molar-refractivity contribution in [1.29, 1.82) is 0 Å². The maximum atomic E-state index is 11.9. The first-order valence-corrected chi connectivity index (χ1v) is 10.2. The Morgan fingerprint density at radius 3 is 2.93 bits per heavy atom. The van der Waals surface area contributed by atoms with Gasteiger partial charge in [-0.3, -0.25) is 0 Å². The fourth-order valence-corrected chi connectivity index (χ4v) is 5.06. The molecule has 1 fully saturated rings. The van der Waals surface area contributed by atoms with Gasteiger partial charge in [-0.25, -0.2) is 14.8 Å². The van der Waals surface area contributed by atoms with E-state index in [0.717, 1.165) is 40.3 Å². The minimum Gasteiger partial charge on any atom is -0.464 e. The Bertz CT molecular complexity index is 1110. The molecule has 0 unspecified atom stereocenters. The quantitative estimate of drug-likeness (QED) is 0.616. The van der Waals surface area contributed by atoms with Crippen LogP contribution < -0.4 is 0 Å². The van der Waals surface area contributed by atoms with E-state index in [1.807, 2.05) is 18.2 Å². The van der Waals surface area contributed by atoms with E-state index >= 15 is 0 Å². The van der Waals surface area contributed by atoms with E-state index in [1.165, 1.54) is 18.2 Å². The van der Waals surface area contributed by atoms with Crippen LogP contribution in [0, 0.1) is 0 Å². The number of carbonyl (C=O) groups is 1. The molecule has 0 aliphatic carbocycles. The third-order valence-corrected chi connectivity index (χ3v) is 6.49. The summed E-state index contributed by atoms with van der Waals surface area (Å²) in [5.41, 5.74) is 3.98. The van der Waals surface area contributed by atoms with Gasteiger partial charge in [-0.1, -0.05) is 48.2 Å². The largest absolute Gasteiger partial charge is 0.464 e. The summed E-state index contributed by atoms with van der Waals surface area (Å²) in [5.74, 6) is 0.611. The normalized spacial score (nSPS) is 19.5. The van der Waals surface area contributed by atoms with Gasteiger partial charge < -0.3 is 9.64 Å². The molecule has 0 N–H and O–H groups in total. The van der Waals surface area contributed by atoms with Crippen molar-refractivity contribution in [2.24, 2.45) is 4.99 Å². The van der Waals surface area contributed by atoms with Gasteiger partial charge >= 0.3 is 5.97 Å². The lowest BCUT2D eigenvalue weighted by Crippen LogP contribution is -2.38. The summed E-state index contributed by atoms with van der Waals surface area (Å²) in [6, 6.07) is 16.9. The van der Waals surface area contributed by atoms with Gasteiger partial charge in [-0.2, -0.15) is 0 Å². The Morgan fingerprint density at radius 2 is 2.07 bits per heavy atom. The molecular formula is C22H19N3O2S. The predicted molar refractivity (Wildman–Crippen MR) is 112 cm³/mol. The summed E-state index contributed by atoms with van der Waals surface area (Å²) in [6.07, 6.45) is 2.77. The average Bonchev–Trinajstić information content (AvgIpc) is 3.13. The van der Waals surface area contributed by atoms with E-state index in [1.54, 1.807) is 24.0 Å². The van der Waals surface area contributed by atoms with Crippen LogP contribution in [0.2, 0.25) is 0 Å². The number of methoxy groups -OCH3 is 1. The fourth-order valence-electron chi connectivity index (χ4n) is 3.88. The summed E-state index contributed by atoms with van der Waals surface area (Å²) in [4.78, 5) is 23.5. The van der Waals surface area contributed by atoms with E-state index in [9.17, 15) is 4.79 Å². The molecule has 0 saturated carbocycles. The number of amidine groups is 1. The van der Waals surface area contributed by atoms with E-state index in [-0.39, 0.29) is 0 Å². The van der Waals surface area contributed by atoms with Gasteiger partial charge in [0.1, 0.15) is 5.69 Å². The Kier molecular flexibility index (Phi) is 4.28. The minimum atomic E-state index is -0.438. The van der Waals surface area contributed by atoms with Crippen LogP contribution in [-0.2, 0) is 17.7 Å². The Morgan fingerprint density at radius 1 is 1.21 bits per heavy atom. The fraction of sp³-hybridized carbons (Fsp3) is 0.227. The molecule has 1 aromatic heterocycles. The van der Waals surface area contributed by atoms with Gasteiger partial charge in [-0.05, 0) is 29.7 Å². The van der Waals surface area contributed by atoms with Crippen molar-refractivity contribution >= 4 is 39.4 Å². The number of aliphatic imine (C=N–C) groups is 1. The third kappa shape index (κ3) is 2.94. The summed E-state index contributed by atoms with van der Waals surface area (Å²) in [6.45, 7) is 0.895. The minimum absolute atomic E-state index is 0.298. The number of aromatic nitrogens is 1. The molecule has 28 heavy (non-hydrogen) atoms. The lowest BCUT2D eigenvalue weighted by Gasteiger charge is -2.32. The molecule has 1 atom stereocenters. The molecule has 6 heteroatoms. The second-order valence-corrected chi connectivity index (χ2v) is 8.01. The topological polar surface area (TPSA) is 54.8 Å². The van der Waals surface area contributed by atoms with Gasteiger partial charge in [-0.15, -0.1) is 0 Å². The summed E-state index contributed by atoms with van der Waals surface area (Å²) in [5, 5.41) is 2.91. The van der Waals surface area contributed by atoms with Crippen molar-refractivity contribution in [2.45, 2.75) is 19.0 Å². The highest BCUT2D eigenvalue weighted by Crippen LogP contribution is 2.36. The number of hydrogen-bond acceptors (Lipinski definition) is 5. The highest BCUT2D eigenvalue weighted by molar-refractivity contribution is 8.14. The number of thioether (sulfide) groups is 1. The number of nitrogens with zero attached hydrogens (tertiary/aromatic N) is 3. The summed E-state index contributed by atoms with van der Waals surface area (Å²) >= 11 is 1.81. The maximum absolute atomic E-state index is 11.9. The first-order chi connectivity index (χ1) is 13.7. The standard InChI is InChI=1S/C22H19N3O2S/c1-27-21(26)20-10-18-15(11-23-20)7-4-8-19(18)24-22-25-12-16-6-3-2-5-14(16)9-17(25)13-28-22/h2-8,10-11,17H,9,12-13H2,1H3/t17-/m0/s1. The van der Waals surface area contributed by atoms with Crippen LogP contribution in [0.15, 0.2) is 59.7 Å². The van der Waals surface area contributed by atoms with E-state index in [4.69, 9.17) is 9.73 Å². The Balaban J connectivity index is 1.54. The van der Waals surface area contributed by atoms with Crippen molar-refractivity contribution in [2.75, 3.05) is 12.9 Å². The maximum Gasteiger partial charge on any atom is 0.356 e. The first kappa shape index (κ1) is 17.3. The first-order valence-electron chi connectivity index (χ1n) is 9.25. The number of rotatable bonds is 2. The summed E-state index contributed by atoms with van der Waals surface area (Å²) in [7, 11) is 1.36. The van der Waals surface area contributed by atoms with Crippen LogP contribution in [0.1, 0.15) is 21.6 Å². The van der Waals surface area contributed by atoms with Crippen LogP contribution in [0.3, 0.4) is 0 Å². The zero-order valence-electron chi connectivity index (χ0n) is 15.5. The average molecular weight is 389 g/mol. The number of benzene rings is 2. The highest BCUT2D eigenvalue weighted by atomic mass is 32.2. The Labute approximate surface area is 167 Å². The van der Waals surface area contributed by atoms with Crippen LogP contribution >= 0.6 is 11.8 Å². The van der Waals surface area contributed by atoms with E-state index < -0.39 is 5.97 Å². The molecule has 2 aromatic carbocycles. The number of fused-ring (bicyclic) bond motifs is 3. The number of esters is 1. The molecule has 5 nitrogen and oxygen atoms in total. The molecule has 0 radical (unpaired) electrons. The van der Waals surface area contributed by atoms with Crippen LogP contribution in [0.25, 0.3) is 10.8 Å². The number of hydrogen-bond donors (Lipinski definition) is 0. The predicted octanol–water partition coefficient (Wildman–Crippen LogP) is 4.18. The SMILES string of the molecule is COC(=O)c1cc2c(N=C3SC[C@@H]4Cc5ccccc5CN34)cccc2cn1. The molecule has 3 heterocycles. The molecule has 2 aliphatic rings. The van der Waals surface area contributed by atoms with Crippen LogP contribution in [0.4, 0.5) is 5.69 Å². The molecule has 0 amide bonds. The van der Waals surface area contributed by atoms with Gasteiger partial charge in [0.2, 0.25) is 0 Å². The lowest BCUT2D eigenvalue weighted by molar-refractivity contribution is 0.0594. The monoisotopic (exact) mass is 389 g/mol. The van der Waals surface area contributed by atoms with Crippen LogP contribution in [0.5, 0.6) is 0 Å². The zero-order valence-corrected chi connectivity index (χ0v) is 16.3. The molecular weight excluding hydrogens is 370 g/mol. The van der Waals surface area contributed by atoms with Crippen molar-refractivity contribution in [3.8, 4) is 0 Å². The third-order valence-electron chi connectivity index (χ3n) is 5.36. The molecule has 3 aromatic rings. The summed E-state index contributed by atoms with van der Waals surface area (Å²) < 4.78 is 4.81. The molecule has 0 bridgehead atoms. The second kappa shape index (κ2) is 6.95. The van der Waals surface area contributed by atoms with Crippen molar-refractivity contribution in [3.05, 3.63) is 71.5 Å². The smallest absolute Gasteiger partial charge is 0.356 e. The van der Waals surface area contributed by atoms with Gasteiger partial charge in [0, 0.05) is 35.3 Å². The second-order valence-electron chi connectivity index (χ2n) is 7.02. The number of carbonyl (C=O) groups excluding carboxylic acids is 1. The van der Waals surface area contributed by atoms with Gasteiger partial charge in [0.05, 0.1) is 12.8 Å². The van der Waals surface area contributed by atoms with Gasteiger partial charge in [0.15, 0.2) is 5.17 Å². The van der Waals surface area contributed by atoms with E-state index in [0.29, 0.717) is 11.7 Å². The van der Waals surface area contributed by atoms with Crippen molar-refractivity contribution in [3.63, 3.8) is 0 Å². The molecule has 0 spiro atoms. The number of ether oxygens (including phenoxy) is 1. The molecule has 5 rings (SSSR count). The molecule has 1 saturated heterocycles. The zero-order chi connectivity index (χ0) is 19.1. The Hall–Kier alpha value is -2.86. The number of pyridine rings is 1. The van der Waals surface area contributed by atoms with Crippen LogP contribution in [-0.4, -0.2) is 39.9 Å². The highest BCUT2D eigenvalue weighted by Gasteiger charge is 2.34. The molecule has 140 valence electrons. The lowest BCUT2D eigenvalue weighted by atomic mass is 9.95. The molecule has 2 aliphatic heterocycles.